The first-order chi connectivity index (χ1) is 19.8. The summed E-state index contributed by atoms with van der Waals surface area (Å²) in [7, 11) is 0. The molecule has 1 heterocycles. The summed E-state index contributed by atoms with van der Waals surface area (Å²) in [5.74, 6) is -1.23. The van der Waals surface area contributed by atoms with Gasteiger partial charge in [-0.1, -0.05) is 75.9 Å². The van der Waals surface area contributed by atoms with Gasteiger partial charge in [-0.05, 0) is 47.9 Å². The Morgan fingerprint density at radius 1 is 0.805 bits per heavy atom. The molecular formula is C30H37N5O5S. The van der Waals surface area contributed by atoms with E-state index in [0.29, 0.717) is 0 Å². The predicted molar refractivity (Wildman–Crippen MR) is 160 cm³/mol. The number of aryl methyl sites for hydroxylation is 5. The SMILES string of the molecule is CCc1cccc(CC)c1NC(=O)COC(=O)CCc1nnc(SCC(=O)Nc2c(CC)cccc2CC)[nH]c1=O. The highest BCUT2D eigenvalue weighted by molar-refractivity contribution is 7.99. The van der Waals surface area contributed by atoms with Gasteiger partial charge in [-0.3, -0.25) is 24.2 Å². The second kappa shape index (κ2) is 15.7. The number of anilines is 2. The van der Waals surface area contributed by atoms with Crippen molar-refractivity contribution in [1.29, 1.82) is 0 Å². The van der Waals surface area contributed by atoms with Crippen molar-refractivity contribution in [1.82, 2.24) is 15.2 Å². The molecule has 0 aliphatic carbocycles. The number of aromatic amines is 1. The molecule has 10 nitrogen and oxygen atoms in total. The molecule has 0 unspecified atom stereocenters. The van der Waals surface area contributed by atoms with Crippen LogP contribution in [0.4, 0.5) is 11.4 Å². The molecule has 0 radical (unpaired) electrons. The Kier molecular flexibility index (Phi) is 12.1. The van der Waals surface area contributed by atoms with Crippen molar-refractivity contribution in [2.24, 2.45) is 0 Å². The molecule has 0 fully saturated rings. The van der Waals surface area contributed by atoms with E-state index in [9.17, 15) is 19.2 Å². The summed E-state index contributed by atoms with van der Waals surface area (Å²) in [6, 6.07) is 11.8. The van der Waals surface area contributed by atoms with Gasteiger partial charge in [-0.25, -0.2) is 0 Å². The average molecular weight is 580 g/mol. The first kappa shape index (κ1) is 31.5. The molecule has 1 aromatic heterocycles. The Morgan fingerprint density at radius 2 is 1.32 bits per heavy atom. The van der Waals surface area contributed by atoms with Crippen molar-refractivity contribution in [2.45, 2.75) is 71.4 Å². The summed E-state index contributed by atoms with van der Waals surface area (Å²) >= 11 is 1.06. The van der Waals surface area contributed by atoms with E-state index in [1.54, 1.807) is 0 Å². The van der Waals surface area contributed by atoms with Crippen LogP contribution in [0.15, 0.2) is 46.3 Å². The lowest BCUT2D eigenvalue weighted by atomic mass is 10.0. The molecule has 3 rings (SSSR count). The number of carbonyl (C=O) groups excluding carboxylic acids is 3. The van der Waals surface area contributed by atoms with Crippen molar-refractivity contribution in [2.75, 3.05) is 23.0 Å². The number of hydrogen-bond donors (Lipinski definition) is 3. The number of hydrogen-bond acceptors (Lipinski definition) is 8. The van der Waals surface area contributed by atoms with E-state index >= 15 is 0 Å². The van der Waals surface area contributed by atoms with E-state index in [-0.39, 0.29) is 35.4 Å². The van der Waals surface area contributed by atoms with E-state index < -0.39 is 24.0 Å². The summed E-state index contributed by atoms with van der Waals surface area (Å²) < 4.78 is 5.10. The number of benzene rings is 2. The van der Waals surface area contributed by atoms with Crippen LogP contribution in [0.5, 0.6) is 0 Å². The summed E-state index contributed by atoms with van der Waals surface area (Å²) in [6.45, 7) is 7.65. The van der Waals surface area contributed by atoms with Gasteiger partial charge in [0.25, 0.3) is 11.5 Å². The summed E-state index contributed by atoms with van der Waals surface area (Å²) in [5.41, 5.74) is 5.30. The van der Waals surface area contributed by atoms with Gasteiger partial charge in [0.05, 0.1) is 12.2 Å². The highest BCUT2D eigenvalue weighted by Gasteiger charge is 2.15. The summed E-state index contributed by atoms with van der Waals surface area (Å²) in [4.78, 5) is 52.2. The van der Waals surface area contributed by atoms with Crippen LogP contribution in [0.1, 0.15) is 62.1 Å². The number of esters is 1. The van der Waals surface area contributed by atoms with Gasteiger partial charge in [0.15, 0.2) is 11.8 Å². The van der Waals surface area contributed by atoms with Gasteiger partial charge >= 0.3 is 5.97 Å². The fourth-order valence-corrected chi connectivity index (χ4v) is 4.91. The van der Waals surface area contributed by atoms with Gasteiger partial charge in [-0.15, -0.1) is 10.2 Å². The number of amides is 2. The number of para-hydroxylation sites is 2. The van der Waals surface area contributed by atoms with Crippen molar-refractivity contribution in [3.63, 3.8) is 0 Å². The molecule has 0 saturated heterocycles. The molecule has 2 amide bonds. The van der Waals surface area contributed by atoms with E-state index in [2.05, 4.69) is 25.8 Å². The molecule has 0 bridgehead atoms. The summed E-state index contributed by atoms with van der Waals surface area (Å²) in [5, 5.41) is 13.9. The number of thioether (sulfide) groups is 1. The molecule has 11 heteroatoms. The fraction of sp³-hybridized carbons (Fsp3) is 0.400. The van der Waals surface area contributed by atoms with Crippen LogP contribution in [0.2, 0.25) is 0 Å². The predicted octanol–water partition coefficient (Wildman–Crippen LogP) is 4.26. The number of H-pyrrole nitrogens is 1. The lowest BCUT2D eigenvalue weighted by Crippen LogP contribution is -2.23. The largest absolute Gasteiger partial charge is 0.456 e. The van der Waals surface area contributed by atoms with E-state index in [1.165, 1.54) is 0 Å². The van der Waals surface area contributed by atoms with Gasteiger partial charge in [0, 0.05) is 17.8 Å². The molecule has 0 aliphatic rings. The quantitative estimate of drug-likeness (QED) is 0.190. The minimum atomic E-state index is -0.630. The fourth-order valence-electron chi connectivity index (χ4n) is 4.30. The maximum atomic E-state index is 12.6. The van der Waals surface area contributed by atoms with Crippen LogP contribution in [0.3, 0.4) is 0 Å². The van der Waals surface area contributed by atoms with E-state index in [0.717, 1.165) is 71.1 Å². The number of ether oxygens (including phenoxy) is 1. The van der Waals surface area contributed by atoms with Gasteiger partial charge in [-0.2, -0.15) is 0 Å². The first-order valence-electron chi connectivity index (χ1n) is 13.8. The lowest BCUT2D eigenvalue weighted by Gasteiger charge is -2.14. The normalized spacial score (nSPS) is 10.7. The number of nitrogens with one attached hydrogen (secondary N) is 3. The second-order valence-corrected chi connectivity index (χ2v) is 10.2. The molecule has 2 aromatic carbocycles. The molecule has 0 spiro atoms. The highest BCUT2D eigenvalue weighted by Crippen LogP contribution is 2.24. The Hall–Kier alpha value is -3.99. The van der Waals surface area contributed by atoms with Crippen LogP contribution >= 0.6 is 11.8 Å². The average Bonchev–Trinajstić information content (AvgIpc) is 2.98. The van der Waals surface area contributed by atoms with Gasteiger partial charge < -0.3 is 15.4 Å². The molecule has 0 saturated carbocycles. The second-order valence-electron chi connectivity index (χ2n) is 9.27. The van der Waals surface area contributed by atoms with Crippen molar-refractivity contribution >= 4 is 40.9 Å². The van der Waals surface area contributed by atoms with Crippen molar-refractivity contribution in [3.05, 3.63) is 74.7 Å². The minimum Gasteiger partial charge on any atom is -0.456 e. The molecular weight excluding hydrogens is 542 g/mol. The topological polar surface area (TPSA) is 143 Å². The zero-order valence-corrected chi connectivity index (χ0v) is 24.8. The molecule has 41 heavy (non-hydrogen) atoms. The number of rotatable bonds is 14. The Balaban J connectivity index is 1.47. The molecule has 3 aromatic rings. The zero-order chi connectivity index (χ0) is 29.8. The first-order valence-corrected chi connectivity index (χ1v) is 14.8. The third-order valence-electron chi connectivity index (χ3n) is 6.54. The van der Waals surface area contributed by atoms with Crippen LogP contribution < -0.4 is 16.2 Å². The molecule has 3 N–H and O–H groups in total. The maximum absolute atomic E-state index is 12.6. The highest BCUT2D eigenvalue weighted by atomic mass is 32.2. The molecule has 218 valence electrons. The summed E-state index contributed by atoms with van der Waals surface area (Å²) in [6.07, 6.45) is 2.98. The standard InChI is InChI=1S/C30H37N5O5S/c1-5-19-11-9-12-20(6-2)27(19)31-24(36)17-40-26(38)16-15-23-29(39)33-30(35-34-23)41-18-25(37)32-28-21(7-3)13-10-14-22(28)8-4/h9-14H,5-8,15-18H2,1-4H3,(H,31,36)(H,32,37)(H,33,35,39). The number of nitrogens with zero attached hydrogens (tertiary/aromatic N) is 2. The Labute approximate surface area is 244 Å². The van der Waals surface area contributed by atoms with Crippen LogP contribution in [-0.4, -0.2) is 45.3 Å². The Morgan fingerprint density at radius 3 is 1.80 bits per heavy atom. The van der Waals surface area contributed by atoms with Crippen LogP contribution in [0, 0.1) is 0 Å². The Bertz CT molecular complexity index is 1390. The van der Waals surface area contributed by atoms with Gasteiger partial charge in [0.1, 0.15) is 5.69 Å². The molecule has 0 atom stereocenters. The third-order valence-corrected chi connectivity index (χ3v) is 7.40. The lowest BCUT2D eigenvalue weighted by molar-refractivity contribution is -0.147. The van der Waals surface area contributed by atoms with E-state index in [1.807, 2.05) is 64.1 Å². The minimum absolute atomic E-state index is 0.000462. The maximum Gasteiger partial charge on any atom is 0.306 e. The molecule has 0 aliphatic heterocycles. The zero-order valence-electron chi connectivity index (χ0n) is 24.0. The van der Waals surface area contributed by atoms with E-state index in [4.69, 9.17) is 4.74 Å². The van der Waals surface area contributed by atoms with Crippen LogP contribution in [-0.2, 0) is 51.2 Å². The third kappa shape index (κ3) is 9.01. The van der Waals surface area contributed by atoms with Crippen LogP contribution in [0.25, 0.3) is 0 Å². The van der Waals surface area contributed by atoms with Crippen molar-refractivity contribution in [3.8, 4) is 0 Å². The monoisotopic (exact) mass is 579 g/mol. The number of aromatic nitrogens is 3. The smallest absolute Gasteiger partial charge is 0.306 e. The van der Waals surface area contributed by atoms with Gasteiger partial charge in [0.2, 0.25) is 5.91 Å². The van der Waals surface area contributed by atoms with Crippen molar-refractivity contribution < 1.29 is 19.1 Å². The number of carbonyl (C=O) groups is 3.